The number of carbonyl (C=O) groups excluding carboxylic acids is 1. The summed E-state index contributed by atoms with van der Waals surface area (Å²) in [6.07, 6.45) is 4.20. The molecule has 0 radical (unpaired) electrons. The summed E-state index contributed by atoms with van der Waals surface area (Å²) in [4.78, 5) is 12.1. The molecule has 1 unspecified atom stereocenters. The van der Waals surface area contributed by atoms with Crippen LogP contribution in [0, 0.1) is 0 Å². The molecule has 1 aliphatic heterocycles. The minimum absolute atomic E-state index is 0.0356. The van der Waals surface area contributed by atoms with Crippen LogP contribution in [0.5, 0.6) is 0 Å². The Morgan fingerprint density at radius 1 is 1.24 bits per heavy atom. The van der Waals surface area contributed by atoms with Gasteiger partial charge in [0.1, 0.15) is 0 Å². The molecule has 4 heteroatoms. The van der Waals surface area contributed by atoms with Gasteiger partial charge < -0.3 is 15.4 Å². The van der Waals surface area contributed by atoms with Gasteiger partial charge in [-0.25, -0.2) is 0 Å². The Bertz CT molecular complexity index is 523. The zero-order valence-corrected chi connectivity index (χ0v) is 12.8. The van der Waals surface area contributed by atoms with E-state index < -0.39 is 0 Å². The number of benzene rings is 1. The molecule has 2 aliphatic rings. The van der Waals surface area contributed by atoms with Gasteiger partial charge in [0, 0.05) is 29.9 Å². The lowest BCUT2D eigenvalue weighted by atomic mass is 9.93. The number of anilines is 1. The number of hydrogen-bond donors (Lipinski definition) is 2. The summed E-state index contributed by atoms with van der Waals surface area (Å²) in [5, 5.41) is 6.57. The van der Waals surface area contributed by atoms with Crippen LogP contribution in [0.4, 0.5) is 5.69 Å². The van der Waals surface area contributed by atoms with Gasteiger partial charge >= 0.3 is 0 Å². The highest BCUT2D eigenvalue weighted by atomic mass is 16.5. The smallest absolute Gasteiger partial charge is 0.251 e. The van der Waals surface area contributed by atoms with E-state index in [0.29, 0.717) is 12.1 Å². The fourth-order valence-electron chi connectivity index (χ4n) is 2.84. The highest BCUT2D eigenvalue weighted by Crippen LogP contribution is 2.26. The molecule has 1 saturated carbocycles. The lowest BCUT2D eigenvalue weighted by Crippen LogP contribution is -2.40. The van der Waals surface area contributed by atoms with Gasteiger partial charge in [0.05, 0.1) is 5.60 Å². The van der Waals surface area contributed by atoms with E-state index in [1.165, 1.54) is 0 Å². The van der Waals surface area contributed by atoms with Crippen LogP contribution < -0.4 is 10.6 Å². The van der Waals surface area contributed by atoms with Crippen molar-refractivity contribution in [3.05, 3.63) is 29.8 Å². The first-order valence-corrected chi connectivity index (χ1v) is 7.83. The first kappa shape index (κ1) is 14.4. The zero-order chi connectivity index (χ0) is 14.9. The minimum Gasteiger partial charge on any atom is -0.382 e. The molecule has 0 bridgehead atoms. The summed E-state index contributed by atoms with van der Waals surface area (Å²) in [5.41, 5.74) is 1.68. The molecule has 4 nitrogen and oxygen atoms in total. The third-order valence-electron chi connectivity index (χ3n) is 4.11. The summed E-state index contributed by atoms with van der Waals surface area (Å²) in [6.45, 7) is 5.03. The van der Waals surface area contributed by atoms with Crippen LogP contribution in [0.3, 0.4) is 0 Å². The molecule has 1 aromatic rings. The van der Waals surface area contributed by atoms with Crippen molar-refractivity contribution in [1.82, 2.24) is 5.32 Å². The Kier molecular flexibility index (Phi) is 3.89. The molecule has 2 fully saturated rings. The summed E-state index contributed by atoms with van der Waals surface area (Å²) in [6, 6.07) is 8.57. The van der Waals surface area contributed by atoms with Crippen molar-refractivity contribution in [2.24, 2.45) is 0 Å². The molecule has 3 rings (SSSR count). The maximum Gasteiger partial charge on any atom is 0.251 e. The Hall–Kier alpha value is -1.55. The topological polar surface area (TPSA) is 50.4 Å². The standard InChI is InChI=1S/C17H24N2O2/c1-17(2)11-15(8-9-21-17)18-14-5-3-4-12(10-14)16(20)19-13-6-7-13/h3-5,10,13,15,18H,6-9,11H2,1-2H3,(H,19,20). The number of rotatable bonds is 4. The fourth-order valence-corrected chi connectivity index (χ4v) is 2.84. The third-order valence-corrected chi connectivity index (χ3v) is 4.11. The molecule has 0 aromatic heterocycles. The second kappa shape index (κ2) is 5.68. The molecule has 1 heterocycles. The van der Waals surface area contributed by atoms with Gasteiger partial charge in [0.25, 0.3) is 5.91 Å². The van der Waals surface area contributed by atoms with Crippen LogP contribution in [-0.4, -0.2) is 30.2 Å². The largest absolute Gasteiger partial charge is 0.382 e. The maximum atomic E-state index is 12.1. The van der Waals surface area contributed by atoms with Crippen LogP contribution in [0.25, 0.3) is 0 Å². The monoisotopic (exact) mass is 288 g/mol. The first-order valence-electron chi connectivity index (χ1n) is 7.83. The van der Waals surface area contributed by atoms with Crippen molar-refractivity contribution in [3.8, 4) is 0 Å². The predicted octanol–water partition coefficient (Wildman–Crippen LogP) is 2.95. The summed E-state index contributed by atoms with van der Waals surface area (Å²) in [5.74, 6) is 0.0356. The van der Waals surface area contributed by atoms with Crippen molar-refractivity contribution in [3.63, 3.8) is 0 Å². The number of hydrogen-bond acceptors (Lipinski definition) is 3. The Morgan fingerprint density at radius 3 is 2.76 bits per heavy atom. The lowest BCUT2D eigenvalue weighted by Gasteiger charge is -2.36. The third kappa shape index (κ3) is 3.97. The quantitative estimate of drug-likeness (QED) is 0.895. The van der Waals surface area contributed by atoms with E-state index >= 15 is 0 Å². The van der Waals surface area contributed by atoms with Crippen molar-refractivity contribution in [2.45, 2.75) is 57.2 Å². The molecule has 0 spiro atoms. The van der Waals surface area contributed by atoms with E-state index in [2.05, 4.69) is 24.5 Å². The van der Waals surface area contributed by atoms with E-state index in [9.17, 15) is 4.79 Å². The van der Waals surface area contributed by atoms with Gasteiger partial charge in [0.2, 0.25) is 0 Å². The van der Waals surface area contributed by atoms with Gasteiger partial charge in [0.15, 0.2) is 0 Å². The summed E-state index contributed by atoms with van der Waals surface area (Å²) < 4.78 is 5.74. The van der Waals surface area contributed by atoms with Crippen LogP contribution in [0.2, 0.25) is 0 Å². The van der Waals surface area contributed by atoms with E-state index in [1.807, 2.05) is 24.3 Å². The predicted molar refractivity (Wildman–Crippen MR) is 83.6 cm³/mol. The van der Waals surface area contributed by atoms with E-state index in [0.717, 1.165) is 43.5 Å². The summed E-state index contributed by atoms with van der Waals surface area (Å²) >= 11 is 0. The van der Waals surface area contributed by atoms with Crippen LogP contribution in [-0.2, 0) is 4.74 Å². The fraction of sp³-hybridized carbons (Fsp3) is 0.588. The van der Waals surface area contributed by atoms with Gasteiger partial charge in [-0.2, -0.15) is 0 Å². The SMILES string of the molecule is CC1(C)CC(Nc2cccc(C(=O)NC3CC3)c2)CCO1. The average molecular weight is 288 g/mol. The molecule has 114 valence electrons. The second-order valence-electron chi connectivity index (χ2n) is 6.77. The molecular weight excluding hydrogens is 264 g/mol. The van der Waals surface area contributed by atoms with Gasteiger partial charge in [-0.1, -0.05) is 6.07 Å². The van der Waals surface area contributed by atoms with Crippen molar-refractivity contribution in [1.29, 1.82) is 0 Å². The Labute approximate surface area is 126 Å². The zero-order valence-electron chi connectivity index (χ0n) is 12.8. The molecule has 1 amide bonds. The first-order chi connectivity index (χ1) is 10.0. The van der Waals surface area contributed by atoms with Gasteiger partial charge in [-0.05, 0) is 57.7 Å². The number of carbonyl (C=O) groups is 1. The lowest BCUT2D eigenvalue weighted by molar-refractivity contribution is -0.0553. The molecule has 21 heavy (non-hydrogen) atoms. The van der Waals surface area contributed by atoms with Crippen molar-refractivity contribution >= 4 is 11.6 Å². The van der Waals surface area contributed by atoms with Crippen LogP contribution in [0.15, 0.2) is 24.3 Å². The molecular formula is C17H24N2O2. The maximum absolute atomic E-state index is 12.1. The second-order valence-corrected chi connectivity index (χ2v) is 6.77. The number of amides is 1. The minimum atomic E-state index is -0.0725. The molecule has 1 aromatic carbocycles. The van der Waals surface area contributed by atoms with Crippen LogP contribution in [0.1, 0.15) is 49.9 Å². The van der Waals surface area contributed by atoms with E-state index in [1.54, 1.807) is 0 Å². The highest BCUT2D eigenvalue weighted by molar-refractivity contribution is 5.95. The number of ether oxygens (including phenoxy) is 1. The Morgan fingerprint density at radius 2 is 2.05 bits per heavy atom. The van der Waals surface area contributed by atoms with Gasteiger partial charge in [-0.3, -0.25) is 4.79 Å². The highest BCUT2D eigenvalue weighted by Gasteiger charge is 2.29. The van der Waals surface area contributed by atoms with Crippen molar-refractivity contribution < 1.29 is 9.53 Å². The number of nitrogens with one attached hydrogen (secondary N) is 2. The van der Waals surface area contributed by atoms with E-state index in [4.69, 9.17) is 4.74 Å². The van der Waals surface area contributed by atoms with Gasteiger partial charge in [-0.15, -0.1) is 0 Å². The molecule has 1 saturated heterocycles. The normalized spacial score (nSPS) is 24.4. The van der Waals surface area contributed by atoms with Crippen LogP contribution >= 0.6 is 0 Å². The van der Waals surface area contributed by atoms with E-state index in [-0.39, 0.29) is 11.5 Å². The Balaban J connectivity index is 1.63. The van der Waals surface area contributed by atoms with Crippen molar-refractivity contribution in [2.75, 3.05) is 11.9 Å². The average Bonchev–Trinajstić information content (AvgIpc) is 3.22. The molecule has 1 atom stereocenters. The summed E-state index contributed by atoms with van der Waals surface area (Å²) in [7, 11) is 0. The molecule has 2 N–H and O–H groups in total. The molecule has 1 aliphatic carbocycles.